The number of rotatable bonds is 5. The molecular weight excluding hydrogens is 206 g/mol. The first kappa shape index (κ1) is 12.5. The number of hydrogen-bond acceptors (Lipinski definition) is 4. The molecule has 0 bridgehead atoms. The molecule has 0 fully saturated rings. The zero-order valence-corrected chi connectivity index (χ0v) is 9.82. The van der Waals surface area contributed by atoms with Crippen molar-refractivity contribution < 1.29 is 14.3 Å². The summed E-state index contributed by atoms with van der Waals surface area (Å²) in [6.45, 7) is 1.88. The maximum atomic E-state index is 11.8. The van der Waals surface area contributed by atoms with Crippen molar-refractivity contribution >= 4 is 5.78 Å². The van der Waals surface area contributed by atoms with E-state index in [9.17, 15) is 4.79 Å². The van der Waals surface area contributed by atoms with Crippen LogP contribution in [0.2, 0.25) is 0 Å². The van der Waals surface area contributed by atoms with Crippen LogP contribution in [-0.4, -0.2) is 26.0 Å². The van der Waals surface area contributed by atoms with Crippen LogP contribution in [0, 0.1) is 0 Å². The van der Waals surface area contributed by atoms with Crippen molar-refractivity contribution in [1.82, 2.24) is 0 Å². The zero-order chi connectivity index (χ0) is 12.1. The van der Waals surface area contributed by atoms with Crippen LogP contribution in [0.4, 0.5) is 0 Å². The summed E-state index contributed by atoms with van der Waals surface area (Å²) in [5.74, 6) is 1.06. The van der Waals surface area contributed by atoms with Gasteiger partial charge in [0, 0.05) is 5.56 Å². The molecule has 0 amide bonds. The van der Waals surface area contributed by atoms with E-state index in [4.69, 9.17) is 15.2 Å². The molecule has 0 saturated carbocycles. The van der Waals surface area contributed by atoms with E-state index < -0.39 is 6.04 Å². The highest BCUT2D eigenvalue weighted by molar-refractivity contribution is 6.00. The Labute approximate surface area is 95.3 Å². The van der Waals surface area contributed by atoms with Crippen molar-refractivity contribution in [3.63, 3.8) is 0 Å². The summed E-state index contributed by atoms with van der Waals surface area (Å²) in [7, 11) is 3.09. The fourth-order valence-corrected chi connectivity index (χ4v) is 1.39. The first-order valence-electron chi connectivity index (χ1n) is 5.15. The van der Waals surface area contributed by atoms with Crippen molar-refractivity contribution in [2.24, 2.45) is 5.73 Å². The SMILES string of the molecule is CCC(N)C(=O)c1ccc(OC)c(OC)c1. The molecule has 4 heteroatoms. The Kier molecular flexibility index (Phi) is 4.31. The van der Waals surface area contributed by atoms with Gasteiger partial charge in [0.05, 0.1) is 20.3 Å². The summed E-state index contributed by atoms with van der Waals surface area (Å²) < 4.78 is 10.2. The summed E-state index contributed by atoms with van der Waals surface area (Å²) >= 11 is 0. The molecular formula is C12H17NO3. The van der Waals surface area contributed by atoms with E-state index in [0.717, 1.165) is 0 Å². The molecule has 1 unspecified atom stereocenters. The molecule has 1 aromatic carbocycles. The largest absolute Gasteiger partial charge is 0.493 e. The number of carbonyl (C=O) groups excluding carboxylic acids is 1. The highest BCUT2D eigenvalue weighted by Crippen LogP contribution is 2.27. The van der Waals surface area contributed by atoms with Crippen LogP contribution in [0.25, 0.3) is 0 Å². The quantitative estimate of drug-likeness (QED) is 0.770. The number of methoxy groups -OCH3 is 2. The predicted octanol–water partition coefficient (Wildman–Crippen LogP) is 1.62. The lowest BCUT2D eigenvalue weighted by molar-refractivity contribution is 0.0959. The van der Waals surface area contributed by atoms with Crippen LogP contribution >= 0.6 is 0 Å². The summed E-state index contributed by atoms with van der Waals surface area (Å²) in [6, 6.07) is 4.59. The van der Waals surface area contributed by atoms with E-state index in [1.54, 1.807) is 25.3 Å². The van der Waals surface area contributed by atoms with Gasteiger partial charge in [-0.15, -0.1) is 0 Å². The Bertz CT molecular complexity index is 377. The second-order valence-corrected chi connectivity index (χ2v) is 3.45. The topological polar surface area (TPSA) is 61.6 Å². The highest BCUT2D eigenvalue weighted by atomic mass is 16.5. The highest BCUT2D eigenvalue weighted by Gasteiger charge is 2.15. The lowest BCUT2D eigenvalue weighted by atomic mass is 10.0. The van der Waals surface area contributed by atoms with Gasteiger partial charge in [0.15, 0.2) is 17.3 Å². The summed E-state index contributed by atoms with van der Waals surface area (Å²) in [5, 5.41) is 0. The number of ether oxygens (including phenoxy) is 2. The molecule has 0 aliphatic carbocycles. The maximum absolute atomic E-state index is 11.8. The van der Waals surface area contributed by atoms with Crippen LogP contribution in [0.3, 0.4) is 0 Å². The predicted molar refractivity (Wildman–Crippen MR) is 62.1 cm³/mol. The molecule has 0 aliphatic heterocycles. The summed E-state index contributed by atoms with van der Waals surface area (Å²) in [5.41, 5.74) is 6.24. The fraction of sp³-hybridized carbons (Fsp3) is 0.417. The molecule has 0 aromatic heterocycles. The Morgan fingerprint density at radius 3 is 2.44 bits per heavy atom. The number of nitrogens with two attached hydrogens (primary N) is 1. The zero-order valence-electron chi connectivity index (χ0n) is 9.82. The fourth-order valence-electron chi connectivity index (χ4n) is 1.39. The number of hydrogen-bond donors (Lipinski definition) is 1. The van der Waals surface area contributed by atoms with Crippen LogP contribution in [0.1, 0.15) is 23.7 Å². The molecule has 0 radical (unpaired) electrons. The Balaban J connectivity index is 3.03. The van der Waals surface area contributed by atoms with Crippen molar-refractivity contribution in [3.05, 3.63) is 23.8 Å². The minimum atomic E-state index is -0.460. The van der Waals surface area contributed by atoms with E-state index in [-0.39, 0.29) is 5.78 Å². The van der Waals surface area contributed by atoms with Crippen molar-refractivity contribution in [2.75, 3.05) is 14.2 Å². The van der Waals surface area contributed by atoms with Gasteiger partial charge in [0.1, 0.15) is 0 Å². The van der Waals surface area contributed by atoms with Crippen LogP contribution in [0.5, 0.6) is 11.5 Å². The van der Waals surface area contributed by atoms with Gasteiger partial charge >= 0.3 is 0 Å². The number of ketones is 1. The minimum Gasteiger partial charge on any atom is -0.493 e. The van der Waals surface area contributed by atoms with E-state index in [2.05, 4.69) is 0 Å². The van der Waals surface area contributed by atoms with Gasteiger partial charge in [-0.05, 0) is 24.6 Å². The molecule has 4 nitrogen and oxygen atoms in total. The van der Waals surface area contributed by atoms with Crippen molar-refractivity contribution in [1.29, 1.82) is 0 Å². The maximum Gasteiger partial charge on any atom is 0.179 e. The van der Waals surface area contributed by atoms with Crippen LogP contribution < -0.4 is 15.2 Å². The monoisotopic (exact) mass is 223 g/mol. The lowest BCUT2D eigenvalue weighted by Crippen LogP contribution is -2.29. The van der Waals surface area contributed by atoms with Gasteiger partial charge in [-0.25, -0.2) is 0 Å². The van der Waals surface area contributed by atoms with Gasteiger partial charge in [0.2, 0.25) is 0 Å². The molecule has 2 N–H and O–H groups in total. The lowest BCUT2D eigenvalue weighted by Gasteiger charge is -2.11. The normalized spacial score (nSPS) is 12.0. The van der Waals surface area contributed by atoms with Crippen LogP contribution in [0.15, 0.2) is 18.2 Å². The summed E-state index contributed by atoms with van der Waals surface area (Å²) in [4.78, 5) is 11.8. The van der Waals surface area contributed by atoms with Gasteiger partial charge in [0.25, 0.3) is 0 Å². The van der Waals surface area contributed by atoms with Gasteiger partial charge in [-0.2, -0.15) is 0 Å². The van der Waals surface area contributed by atoms with Crippen molar-refractivity contribution in [2.45, 2.75) is 19.4 Å². The third kappa shape index (κ3) is 2.52. The standard InChI is InChI=1S/C12H17NO3/c1-4-9(13)12(14)8-5-6-10(15-2)11(7-8)16-3/h5-7,9H,4,13H2,1-3H3. The molecule has 1 atom stereocenters. The van der Waals surface area contributed by atoms with Crippen LogP contribution in [-0.2, 0) is 0 Å². The minimum absolute atomic E-state index is 0.0801. The Hall–Kier alpha value is -1.55. The molecule has 0 aliphatic rings. The van der Waals surface area contributed by atoms with E-state index in [1.807, 2.05) is 6.92 Å². The van der Waals surface area contributed by atoms with E-state index >= 15 is 0 Å². The second-order valence-electron chi connectivity index (χ2n) is 3.45. The Morgan fingerprint density at radius 2 is 1.94 bits per heavy atom. The number of benzene rings is 1. The number of Topliss-reactive ketones (excluding diaryl/α,β-unsaturated/α-hetero) is 1. The molecule has 0 saturated heterocycles. The number of carbonyl (C=O) groups is 1. The second kappa shape index (κ2) is 5.51. The molecule has 1 aromatic rings. The first-order chi connectivity index (χ1) is 7.63. The van der Waals surface area contributed by atoms with Gasteiger partial charge < -0.3 is 15.2 Å². The average Bonchev–Trinajstić information content (AvgIpc) is 2.35. The van der Waals surface area contributed by atoms with Crippen molar-refractivity contribution in [3.8, 4) is 11.5 Å². The van der Waals surface area contributed by atoms with E-state index in [0.29, 0.717) is 23.5 Å². The molecule has 0 heterocycles. The third-order valence-corrected chi connectivity index (χ3v) is 2.44. The average molecular weight is 223 g/mol. The third-order valence-electron chi connectivity index (χ3n) is 2.44. The molecule has 0 spiro atoms. The van der Waals surface area contributed by atoms with Gasteiger partial charge in [-0.1, -0.05) is 6.92 Å². The summed E-state index contributed by atoms with van der Waals surface area (Å²) in [6.07, 6.45) is 0.618. The van der Waals surface area contributed by atoms with Gasteiger partial charge in [-0.3, -0.25) is 4.79 Å². The molecule has 16 heavy (non-hydrogen) atoms. The molecule has 1 rings (SSSR count). The Morgan fingerprint density at radius 1 is 1.31 bits per heavy atom. The smallest absolute Gasteiger partial charge is 0.179 e. The first-order valence-corrected chi connectivity index (χ1v) is 5.15. The van der Waals surface area contributed by atoms with E-state index in [1.165, 1.54) is 7.11 Å². The molecule has 88 valence electrons.